The topological polar surface area (TPSA) is 26.3 Å². The summed E-state index contributed by atoms with van der Waals surface area (Å²) in [6.45, 7) is 6.32. The highest BCUT2D eigenvalue weighted by molar-refractivity contribution is 5.84. The molecule has 0 aliphatic rings. The Balaban J connectivity index is 2.58. The van der Waals surface area contributed by atoms with Crippen molar-refractivity contribution in [3.05, 3.63) is 35.4 Å². The number of ketones is 1. The van der Waals surface area contributed by atoms with E-state index in [9.17, 15) is 4.79 Å². The van der Waals surface area contributed by atoms with Crippen LogP contribution in [0, 0.1) is 6.92 Å². The van der Waals surface area contributed by atoms with Crippen molar-refractivity contribution >= 4 is 5.78 Å². The summed E-state index contributed by atoms with van der Waals surface area (Å²) in [5, 5.41) is 0. The van der Waals surface area contributed by atoms with Crippen molar-refractivity contribution in [1.29, 1.82) is 0 Å². The molecular weight excluding hydrogens is 188 g/mol. The second-order valence-electron chi connectivity index (χ2n) is 3.73. The van der Waals surface area contributed by atoms with Gasteiger partial charge in [-0.3, -0.25) is 4.79 Å². The Morgan fingerprint density at radius 2 is 2.20 bits per heavy atom. The summed E-state index contributed by atoms with van der Waals surface area (Å²) >= 11 is 0. The smallest absolute Gasteiger partial charge is 0.165 e. The molecule has 2 nitrogen and oxygen atoms in total. The Kier molecular flexibility index (Phi) is 4.50. The van der Waals surface area contributed by atoms with Gasteiger partial charge in [0.05, 0.1) is 0 Å². The molecule has 82 valence electrons. The molecule has 2 heteroatoms. The van der Waals surface area contributed by atoms with Crippen molar-refractivity contribution in [2.75, 3.05) is 6.61 Å². The third-order valence-electron chi connectivity index (χ3n) is 2.33. The van der Waals surface area contributed by atoms with E-state index in [1.54, 1.807) is 0 Å². The summed E-state index contributed by atoms with van der Waals surface area (Å²) in [5.74, 6) is 0.141. The fourth-order valence-corrected chi connectivity index (χ4v) is 1.51. The lowest BCUT2D eigenvalue weighted by Crippen LogP contribution is -2.22. The van der Waals surface area contributed by atoms with Crippen molar-refractivity contribution in [2.45, 2.75) is 33.3 Å². The molecule has 0 aliphatic heterocycles. The zero-order valence-corrected chi connectivity index (χ0v) is 9.62. The van der Waals surface area contributed by atoms with Crippen LogP contribution in [-0.2, 0) is 16.0 Å². The molecule has 15 heavy (non-hydrogen) atoms. The summed E-state index contributed by atoms with van der Waals surface area (Å²) in [6, 6.07) is 8.02. The molecule has 0 radical (unpaired) electrons. The zero-order chi connectivity index (χ0) is 11.3. The van der Waals surface area contributed by atoms with Crippen LogP contribution in [0.25, 0.3) is 0 Å². The molecule has 0 aliphatic carbocycles. The van der Waals surface area contributed by atoms with E-state index in [-0.39, 0.29) is 11.9 Å². The zero-order valence-electron chi connectivity index (χ0n) is 9.62. The molecule has 0 amide bonds. The van der Waals surface area contributed by atoms with E-state index in [2.05, 4.69) is 0 Å². The Morgan fingerprint density at radius 3 is 2.80 bits per heavy atom. The maximum absolute atomic E-state index is 11.7. The second-order valence-corrected chi connectivity index (χ2v) is 3.73. The molecule has 1 atom stereocenters. The fourth-order valence-electron chi connectivity index (χ4n) is 1.51. The first-order valence-electron chi connectivity index (χ1n) is 5.33. The van der Waals surface area contributed by atoms with Crippen LogP contribution < -0.4 is 0 Å². The normalized spacial score (nSPS) is 12.5. The molecule has 0 saturated carbocycles. The first-order valence-corrected chi connectivity index (χ1v) is 5.33. The first-order chi connectivity index (χ1) is 7.13. The third kappa shape index (κ3) is 3.84. The molecule has 0 bridgehead atoms. The van der Waals surface area contributed by atoms with Crippen LogP contribution in [0.15, 0.2) is 24.3 Å². The Bertz CT molecular complexity index is 331. The molecule has 0 spiro atoms. The van der Waals surface area contributed by atoms with Crippen molar-refractivity contribution < 1.29 is 9.53 Å². The number of hydrogen-bond donors (Lipinski definition) is 0. The highest BCUT2D eigenvalue weighted by atomic mass is 16.5. The van der Waals surface area contributed by atoms with Gasteiger partial charge in [-0.05, 0) is 26.3 Å². The quantitative estimate of drug-likeness (QED) is 0.740. The van der Waals surface area contributed by atoms with E-state index in [0.29, 0.717) is 13.0 Å². The van der Waals surface area contributed by atoms with Crippen LogP contribution in [0.2, 0.25) is 0 Å². The van der Waals surface area contributed by atoms with Gasteiger partial charge in [0.25, 0.3) is 0 Å². The van der Waals surface area contributed by atoms with Crippen LogP contribution in [0.1, 0.15) is 25.0 Å². The molecule has 0 fully saturated rings. The number of benzene rings is 1. The minimum atomic E-state index is -0.296. The average Bonchev–Trinajstić information content (AvgIpc) is 2.18. The summed E-state index contributed by atoms with van der Waals surface area (Å²) in [6.07, 6.45) is 0.165. The molecule has 0 aromatic heterocycles. The van der Waals surface area contributed by atoms with Crippen molar-refractivity contribution in [3.8, 4) is 0 Å². The summed E-state index contributed by atoms with van der Waals surface area (Å²) in [4.78, 5) is 11.7. The maximum atomic E-state index is 11.7. The van der Waals surface area contributed by atoms with Crippen molar-refractivity contribution in [3.63, 3.8) is 0 Å². The van der Waals surface area contributed by atoms with Crippen LogP contribution in [0.4, 0.5) is 0 Å². The van der Waals surface area contributed by atoms with Gasteiger partial charge >= 0.3 is 0 Å². The first kappa shape index (κ1) is 11.9. The lowest BCUT2D eigenvalue weighted by molar-refractivity contribution is -0.128. The molecule has 1 aromatic carbocycles. The lowest BCUT2D eigenvalue weighted by atomic mass is 10.0. The number of aryl methyl sites for hydroxylation is 1. The fraction of sp³-hybridized carbons (Fsp3) is 0.462. The number of ether oxygens (including phenoxy) is 1. The summed E-state index contributed by atoms with van der Waals surface area (Å²) in [5.41, 5.74) is 2.25. The summed E-state index contributed by atoms with van der Waals surface area (Å²) in [7, 11) is 0. The van der Waals surface area contributed by atoms with E-state index in [4.69, 9.17) is 4.74 Å². The van der Waals surface area contributed by atoms with Gasteiger partial charge in [0.2, 0.25) is 0 Å². The monoisotopic (exact) mass is 206 g/mol. The predicted octanol–water partition coefficient (Wildman–Crippen LogP) is 2.53. The number of Topliss-reactive ketones (excluding diaryl/α,β-unsaturated/α-hetero) is 1. The van der Waals surface area contributed by atoms with E-state index in [1.807, 2.05) is 45.0 Å². The van der Waals surface area contributed by atoms with Gasteiger partial charge in [-0.1, -0.05) is 29.8 Å². The molecule has 1 rings (SSSR count). The van der Waals surface area contributed by atoms with Gasteiger partial charge in [0.1, 0.15) is 6.10 Å². The van der Waals surface area contributed by atoms with E-state index >= 15 is 0 Å². The number of carbonyl (C=O) groups is 1. The minimum Gasteiger partial charge on any atom is -0.371 e. The standard InChI is InChI=1S/C13H18O2/c1-4-15-11(3)13(14)9-12-7-5-6-10(2)8-12/h5-8,11H,4,9H2,1-3H3. The van der Waals surface area contributed by atoms with Crippen LogP contribution in [-0.4, -0.2) is 18.5 Å². The third-order valence-corrected chi connectivity index (χ3v) is 2.33. The highest BCUT2D eigenvalue weighted by Crippen LogP contribution is 2.07. The largest absolute Gasteiger partial charge is 0.371 e. The molecule has 0 N–H and O–H groups in total. The number of hydrogen-bond acceptors (Lipinski definition) is 2. The Hall–Kier alpha value is -1.15. The van der Waals surface area contributed by atoms with Crippen LogP contribution >= 0.6 is 0 Å². The van der Waals surface area contributed by atoms with Gasteiger partial charge in [-0.25, -0.2) is 0 Å². The molecule has 0 heterocycles. The van der Waals surface area contributed by atoms with E-state index < -0.39 is 0 Å². The lowest BCUT2D eigenvalue weighted by Gasteiger charge is -2.10. The molecule has 1 aromatic rings. The van der Waals surface area contributed by atoms with Crippen LogP contribution in [0.3, 0.4) is 0 Å². The maximum Gasteiger partial charge on any atom is 0.165 e. The Morgan fingerprint density at radius 1 is 1.47 bits per heavy atom. The van der Waals surface area contributed by atoms with Gasteiger partial charge in [0.15, 0.2) is 5.78 Å². The van der Waals surface area contributed by atoms with Gasteiger partial charge in [-0.15, -0.1) is 0 Å². The van der Waals surface area contributed by atoms with Crippen LogP contribution in [0.5, 0.6) is 0 Å². The van der Waals surface area contributed by atoms with Gasteiger partial charge in [0, 0.05) is 13.0 Å². The van der Waals surface area contributed by atoms with Crippen molar-refractivity contribution in [2.24, 2.45) is 0 Å². The molecule has 0 saturated heterocycles. The van der Waals surface area contributed by atoms with Crippen molar-refractivity contribution in [1.82, 2.24) is 0 Å². The van der Waals surface area contributed by atoms with Gasteiger partial charge < -0.3 is 4.74 Å². The Labute approximate surface area is 91.3 Å². The SMILES string of the molecule is CCOC(C)C(=O)Cc1cccc(C)c1. The van der Waals surface area contributed by atoms with E-state index in [0.717, 1.165) is 5.56 Å². The molecular formula is C13H18O2. The molecule has 1 unspecified atom stereocenters. The predicted molar refractivity (Wildman–Crippen MR) is 61.0 cm³/mol. The highest BCUT2D eigenvalue weighted by Gasteiger charge is 2.12. The number of carbonyl (C=O) groups excluding carboxylic acids is 1. The second kappa shape index (κ2) is 5.66. The van der Waals surface area contributed by atoms with Gasteiger partial charge in [-0.2, -0.15) is 0 Å². The minimum absolute atomic E-state index is 0.141. The summed E-state index contributed by atoms with van der Waals surface area (Å²) < 4.78 is 5.26. The van der Waals surface area contributed by atoms with E-state index in [1.165, 1.54) is 5.56 Å². The average molecular weight is 206 g/mol. The number of rotatable bonds is 5.